The molecule has 0 amide bonds. The largest absolute Gasteiger partial charge is 0 e. The van der Waals surface area contributed by atoms with Crippen molar-refractivity contribution < 1.29 is 36.1 Å². The molecule has 0 aromatic heterocycles. The van der Waals surface area contributed by atoms with E-state index in [1.807, 2.05) is 0 Å². The zero-order chi connectivity index (χ0) is 3.58. The zero-order valence-corrected chi connectivity index (χ0v) is 9.38. The van der Waals surface area contributed by atoms with E-state index >= 15 is 0 Å². The molecule has 0 spiro atoms. The second-order valence-electron chi connectivity index (χ2n) is 0.338. The van der Waals surface area contributed by atoms with Crippen molar-refractivity contribution in [3.05, 3.63) is 0 Å². The molecule has 0 aliphatic carbocycles. The number of carboxylic acid groups (broad SMARTS) is 1. The van der Waals surface area contributed by atoms with E-state index < -0.39 is 3.68 Å². The molecule has 4 heteroatoms. The molecule has 0 radical (unpaired) electrons. The maximum Gasteiger partial charge on any atom is 0 e. The van der Waals surface area contributed by atoms with Gasteiger partial charge in [0.2, 0.25) is 0 Å². The Kier molecular flexibility index (Phi) is 9.98. The average molecular weight is 347 g/mol. The third-order valence-electron chi connectivity index (χ3n) is 0. The van der Waals surface area contributed by atoms with Crippen molar-refractivity contribution in [2.45, 2.75) is 0 Å². The van der Waals surface area contributed by atoms with E-state index in [1.54, 1.807) is 0 Å². The molecule has 0 saturated heterocycles. The molecule has 0 aromatic rings. The third-order valence-corrected chi connectivity index (χ3v) is 0. The smallest absolute Gasteiger partial charge is 0 e. The summed E-state index contributed by atoms with van der Waals surface area (Å²) < 4.78 is -0.667. The van der Waals surface area contributed by atoms with Crippen LogP contribution < -0.4 is 0 Å². The van der Waals surface area contributed by atoms with Gasteiger partial charge in [-0.1, -0.05) is 0 Å². The molecule has 0 aromatic carbocycles. The van der Waals surface area contributed by atoms with Gasteiger partial charge in [-0.15, -0.1) is 0 Å². The van der Waals surface area contributed by atoms with Crippen LogP contribution in [0.15, 0.2) is 0 Å². The fraction of sp³-hybridized carbons (Fsp3) is 0. The van der Waals surface area contributed by atoms with E-state index in [0.717, 1.165) is 0 Å². The first kappa shape index (κ1) is 9.53. The summed E-state index contributed by atoms with van der Waals surface area (Å²) in [6.07, 6.45) is 0. The van der Waals surface area contributed by atoms with Gasteiger partial charge < -0.3 is 0 Å². The van der Waals surface area contributed by atoms with E-state index in [4.69, 9.17) is 9.90 Å². The molecule has 0 aliphatic rings. The van der Waals surface area contributed by atoms with Gasteiger partial charge >= 0.3 is 38.3 Å². The molecule has 0 aliphatic heterocycles. The van der Waals surface area contributed by atoms with Gasteiger partial charge in [-0.3, -0.25) is 0 Å². The van der Waals surface area contributed by atoms with Gasteiger partial charge in [0.15, 0.2) is 0 Å². The van der Waals surface area contributed by atoms with Crippen LogP contribution in [-0.2, 0) is 26.2 Å². The summed E-state index contributed by atoms with van der Waals surface area (Å²) in [6, 6.07) is 0. The fourth-order valence-electron chi connectivity index (χ4n) is 0. The van der Waals surface area contributed by atoms with Crippen LogP contribution in [0.2, 0.25) is 0 Å². The Bertz CT molecular complexity index is 32.6. The Morgan fingerprint density at radius 3 is 1.80 bits per heavy atom. The van der Waals surface area contributed by atoms with Crippen molar-refractivity contribution in [2.24, 2.45) is 0 Å². The molecule has 28 valence electrons. The van der Waals surface area contributed by atoms with Crippen LogP contribution in [0.5, 0.6) is 0 Å². The molecular formula is CH3BiO2Zr. The van der Waals surface area contributed by atoms with Crippen molar-refractivity contribution in [1.29, 1.82) is 0 Å². The SMILES string of the molecule is O=[C](O)[BiH2].[Zr]. The normalized spacial score (nSPS) is 5.00. The molecule has 0 unspecified atom stereocenters. The minimum absolute atomic E-state index is 0. The van der Waals surface area contributed by atoms with Crippen LogP contribution in [0.3, 0.4) is 0 Å². The van der Waals surface area contributed by atoms with Gasteiger partial charge in [0.05, 0.1) is 0 Å². The minimum atomic E-state index is -0.667. The van der Waals surface area contributed by atoms with Crippen LogP contribution in [0.25, 0.3) is 0 Å². The standard InChI is InChI=1S/CHO2.Bi.Zr.2H/c2-1-3;;;;/h(H,2,3);;;;. The summed E-state index contributed by atoms with van der Waals surface area (Å²) in [5.74, 6) is 0. The van der Waals surface area contributed by atoms with Gasteiger partial charge in [-0.2, -0.15) is 0 Å². The molecule has 2 nitrogen and oxygen atoms in total. The summed E-state index contributed by atoms with van der Waals surface area (Å²) in [5, 5.41) is 7.49. The van der Waals surface area contributed by atoms with E-state index in [2.05, 4.69) is 0 Å². The summed E-state index contributed by atoms with van der Waals surface area (Å²) in [5.41, 5.74) is 0. The first-order valence-electron chi connectivity index (χ1n) is 0.716. The second-order valence-corrected chi connectivity index (χ2v) is 2.26. The molecule has 0 heterocycles. The molecule has 1 N–H and O–H groups in total. The average Bonchev–Trinajstić information content (AvgIpc) is 0.811. The summed E-state index contributed by atoms with van der Waals surface area (Å²) in [4.78, 5) is 9.07. The van der Waals surface area contributed by atoms with Gasteiger partial charge in [-0.25, -0.2) is 0 Å². The summed E-state index contributed by atoms with van der Waals surface area (Å²) in [7, 11) is 0. The monoisotopic (exact) mass is 346 g/mol. The van der Waals surface area contributed by atoms with E-state index in [0.29, 0.717) is 0 Å². The first-order chi connectivity index (χ1) is 1.73. The van der Waals surface area contributed by atoms with Crippen molar-refractivity contribution in [3.63, 3.8) is 0 Å². The quantitative estimate of drug-likeness (QED) is 0.589. The van der Waals surface area contributed by atoms with Crippen molar-refractivity contribution >= 4 is 28.4 Å². The predicted octanol–water partition coefficient (Wildman–Crippen LogP) is -0.705. The number of rotatable bonds is 0. The van der Waals surface area contributed by atoms with Crippen molar-refractivity contribution in [2.75, 3.05) is 0 Å². The summed E-state index contributed by atoms with van der Waals surface area (Å²) in [6.45, 7) is 0. The number of hydrogen-bond donors (Lipinski definition) is 1. The number of carbonyl (C=O) groups is 1. The van der Waals surface area contributed by atoms with Gasteiger partial charge in [-0.05, 0) is 0 Å². The maximum atomic E-state index is 9.07. The maximum absolute atomic E-state index is 9.07. The van der Waals surface area contributed by atoms with Crippen molar-refractivity contribution in [1.82, 2.24) is 0 Å². The van der Waals surface area contributed by atoms with Crippen molar-refractivity contribution in [3.8, 4) is 0 Å². The van der Waals surface area contributed by atoms with Crippen LogP contribution in [-0.4, -0.2) is 33.5 Å². The zero-order valence-electron chi connectivity index (χ0n) is 2.43. The summed E-state index contributed by atoms with van der Waals surface area (Å²) >= 11 is 0.102. The molecule has 0 bridgehead atoms. The minimum Gasteiger partial charge on any atom is 0 e. The Labute approximate surface area is 63.9 Å². The van der Waals surface area contributed by atoms with Gasteiger partial charge in [0.25, 0.3) is 0 Å². The van der Waals surface area contributed by atoms with Gasteiger partial charge in [0.1, 0.15) is 0 Å². The van der Waals surface area contributed by atoms with E-state index in [9.17, 15) is 0 Å². The molecule has 0 atom stereocenters. The Hall–Kier alpha value is 1.24. The van der Waals surface area contributed by atoms with E-state index in [1.165, 1.54) is 0 Å². The van der Waals surface area contributed by atoms with E-state index in [-0.39, 0.29) is 50.9 Å². The van der Waals surface area contributed by atoms with Crippen LogP contribution in [0.4, 0.5) is 4.79 Å². The number of hydrogen-bond acceptors (Lipinski definition) is 1. The Morgan fingerprint density at radius 2 is 1.80 bits per heavy atom. The molecule has 0 saturated carbocycles. The van der Waals surface area contributed by atoms with Crippen LogP contribution >= 0.6 is 0 Å². The Morgan fingerprint density at radius 1 is 1.80 bits per heavy atom. The van der Waals surface area contributed by atoms with Crippen LogP contribution in [0.1, 0.15) is 0 Å². The third kappa shape index (κ3) is 35.9. The Balaban J connectivity index is 0. The first-order valence-corrected chi connectivity index (χ1v) is 2.96. The molecule has 5 heavy (non-hydrogen) atoms. The topological polar surface area (TPSA) is 37.3 Å². The van der Waals surface area contributed by atoms with Gasteiger partial charge in [0, 0.05) is 26.2 Å². The second kappa shape index (κ2) is 5.24. The molecule has 0 fully saturated rings. The molecule has 0 rings (SSSR count). The van der Waals surface area contributed by atoms with Crippen LogP contribution in [0, 0.1) is 0 Å². The predicted molar refractivity (Wildman–Crippen MR) is 16.6 cm³/mol. The fourth-order valence-corrected chi connectivity index (χ4v) is 0. The molecular weight excluding hydrogens is 344 g/mol.